The molecule has 26 heavy (non-hydrogen) atoms. The molecule has 1 aliphatic rings. The summed E-state index contributed by atoms with van der Waals surface area (Å²) in [7, 11) is 0. The van der Waals surface area contributed by atoms with E-state index in [9.17, 15) is 4.79 Å². The molecule has 1 atom stereocenters. The molecule has 0 unspecified atom stereocenters. The van der Waals surface area contributed by atoms with E-state index in [2.05, 4.69) is 32.9 Å². The van der Waals surface area contributed by atoms with E-state index in [0.29, 0.717) is 18.0 Å². The van der Waals surface area contributed by atoms with Crippen molar-refractivity contribution in [3.05, 3.63) is 64.5 Å². The molecule has 0 saturated carbocycles. The van der Waals surface area contributed by atoms with E-state index in [-0.39, 0.29) is 11.9 Å². The topological polar surface area (TPSA) is 58.4 Å². The van der Waals surface area contributed by atoms with E-state index >= 15 is 0 Å². The summed E-state index contributed by atoms with van der Waals surface area (Å²) in [5, 5.41) is 9.05. The Balaban J connectivity index is 1.43. The van der Waals surface area contributed by atoms with Crippen LogP contribution >= 0.6 is 11.3 Å². The molecule has 3 heterocycles. The molecule has 1 saturated heterocycles. The molecule has 1 amide bonds. The summed E-state index contributed by atoms with van der Waals surface area (Å²) in [4.78, 5) is 16.3. The first-order valence-electron chi connectivity index (χ1n) is 8.89. The Kier molecular flexibility index (Phi) is 5.13. The summed E-state index contributed by atoms with van der Waals surface area (Å²) in [5.74, 6) is 0.404. The number of carbonyl (C=O) groups is 1. The van der Waals surface area contributed by atoms with Crippen molar-refractivity contribution in [3.8, 4) is 11.3 Å². The lowest BCUT2D eigenvalue weighted by Gasteiger charge is -2.26. The zero-order valence-electron chi connectivity index (χ0n) is 14.4. The van der Waals surface area contributed by atoms with E-state index < -0.39 is 0 Å². The maximum absolute atomic E-state index is 12.5. The SMILES string of the molecule is O=C(NC[C@H](c1cccs1)N1CCCC1)c1cc(-c2ccccc2)on1. The number of thiophene rings is 1. The van der Waals surface area contributed by atoms with Gasteiger partial charge in [-0.05, 0) is 37.4 Å². The summed E-state index contributed by atoms with van der Waals surface area (Å²) in [6.45, 7) is 2.74. The van der Waals surface area contributed by atoms with Crippen LogP contribution in [0.1, 0.15) is 34.2 Å². The second kappa shape index (κ2) is 7.85. The number of aromatic nitrogens is 1. The minimum absolute atomic E-state index is 0.198. The highest BCUT2D eigenvalue weighted by Crippen LogP contribution is 2.28. The quantitative estimate of drug-likeness (QED) is 0.716. The Morgan fingerprint density at radius 3 is 2.73 bits per heavy atom. The van der Waals surface area contributed by atoms with Crippen molar-refractivity contribution in [2.24, 2.45) is 0 Å². The number of amides is 1. The fraction of sp³-hybridized carbons (Fsp3) is 0.300. The predicted octanol–water partition coefficient (Wildman–Crippen LogP) is 3.97. The van der Waals surface area contributed by atoms with Crippen LogP contribution < -0.4 is 5.32 Å². The summed E-state index contributed by atoms with van der Waals surface area (Å²) >= 11 is 1.74. The van der Waals surface area contributed by atoms with Gasteiger partial charge in [0, 0.05) is 23.1 Å². The molecule has 1 aromatic carbocycles. The van der Waals surface area contributed by atoms with Gasteiger partial charge in [0.25, 0.3) is 5.91 Å². The molecule has 2 aromatic heterocycles. The summed E-state index contributed by atoms with van der Waals surface area (Å²) in [6.07, 6.45) is 2.44. The molecule has 0 bridgehead atoms. The van der Waals surface area contributed by atoms with Crippen LogP contribution in [0, 0.1) is 0 Å². The lowest BCUT2D eigenvalue weighted by molar-refractivity contribution is 0.0929. The number of hydrogen-bond acceptors (Lipinski definition) is 5. The van der Waals surface area contributed by atoms with Gasteiger partial charge in [-0.15, -0.1) is 11.3 Å². The molecule has 4 rings (SSSR count). The van der Waals surface area contributed by atoms with Crippen LogP contribution in [0.2, 0.25) is 0 Å². The fourth-order valence-electron chi connectivity index (χ4n) is 3.34. The Morgan fingerprint density at radius 2 is 2.00 bits per heavy atom. The first kappa shape index (κ1) is 17.0. The van der Waals surface area contributed by atoms with Crippen LogP contribution in [0.25, 0.3) is 11.3 Å². The molecule has 1 aliphatic heterocycles. The van der Waals surface area contributed by atoms with E-state index in [1.54, 1.807) is 17.4 Å². The zero-order chi connectivity index (χ0) is 17.8. The van der Waals surface area contributed by atoms with Crippen molar-refractivity contribution >= 4 is 17.2 Å². The number of likely N-dealkylation sites (tertiary alicyclic amines) is 1. The van der Waals surface area contributed by atoms with E-state index in [1.807, 2.05) is 30.3 Å². The maximum Gasteiger partial charge on any atom is 0.273 e. The second-order valence-corrected chi connectivity index (χ2v) is 7.41. The van der Waals surface area contributed by atoms with Crippen LogP contribution in [0.15, 0.2) is 58.4 Å². The molecule has 6 heteroatoms. The average molecular weight is 367 g/mol. The number of rotatable bonds is 6. The first-order chi connectivity index (χ1) is 12.8. The maximum atomic E-state index is 12.5. The third-order valence-electron chi connectivity index (χ3n) is 4.71. The summed E-state index contributed by atoms with van der Waals surface area (Å²) in [6, 6.07) is 15.8. The normalized spacial score (nSPS) is 15.8. The molecule has 0 radical (unpaired) electrons. The van der Waals surface area contributed by atoms with Gasteiger partial charge < -0.3 is 9.84 Å². The largest absolute Gasteiger partial charge is 0.355 e. The molecule has 1 N–H and O–H groups in total. The smallest absolute Gasteiger partial charge is 0.273 e. The van der Waals surface area contributed by atoms with Crippen LogP contribution in [0.4, 0.5) is 0 Å². The van der Waals surface area contributed by atoms with Crippen LogP contribution in [-0.4, -0.2) is 35.6 Å². The Morgan fingerprint density at radius 1 is 1.19 bits per heavy atom. The van der Waals surface area contributed by atoms with E-state index in [1.165, 1.54) is 17.7 Å². The lowest BCUT2D eigenvalue weighted by atomic mass is 10.1. The molecule has 1 fully saturated rings. The second-order valence-electron chi connectivity index (χ2n) is 6.43. The Bertz CT molecular complexity index is 839. The molecular weight excluding hydrogens is 346 g/mol. The molecular formula is C20H21N3O2S. The van der Waals surface area contributed by atoms with Gasteiger partial charge in [0.1, 0.15) is 0 Å². The highest BCUT2D eigenvalue weighted by atomic mass is 32.1. The van der Waals surface area contributed by atoms with Gasteiger partial charge in [0.05, 0.1) is 6.04 Å². The standard InChI is InChI=1S/C20H21N3O2S/c24-20(16-13-18(25-22-16)15-7-2-1-3-8-15)21-14-17(19-9-6-12-26-19)23-10-4-5-11-23/h1-3,6-9,12-13,17H,4-5,10-11,14H2,(H,21,24)/t17-/m1/s1. The van der Waals surface area contributed by atoms with Gasteiger partial charge >= 0.3 is 0 Å². The number of nitrogens with one attached hydrogen (secondary N) is 1. The van der Waals surface area contributed by atoms with Crippen molar-refractivity contribution in [3.63, 3.8) is 0 Å². The average Bonchev–Trinajstić information content (AvgIpc) is 3.44. The molecule has 5 nitrogen and oxygen atoms in total. The molecule has 0 aliphatic carbocycles. The van der Waals surface area contributed by atoms with Gasteiger partial charge in [-0.2, -0.15) is 0 Å². The lowest BCUT2D eigenvalue weighted by Crippen LogP contribution is -2.36. The molecule has 0 spiro atoms. The van der Waals surface area contributed by atoms with Gasteiger partial charge in [-0.3, -0.25) is 9.69 Å². The van der Waals surface area contributed by atoms with Gasteiger partial charge in [0.2, 0.25) is 0 Å². The predicted molar refractivity (Wildman–Crippen MR) is 102 cm³/mol. The highest BCUT2D eigenvalue weighted by Gasteiger charge is 2.25. The fourth-order valence-corrected chi connectivity index (χ4v) is 4.21. The van der Waals surface area contributed by atoms with Crippen molar-refractivity contribution < 1.29 is 9.32 Å². The third-order valence-corrected chi connectivity index (χ3v) is 5.68. The van der Waals surface area contributed by atoms with E-state index in [4.69, 9.17) is 4.52 Å². The zero-order valence-corrected chi connectivity index (χ0v) is 15.2. The van der Waals surface area contributed by atoms with Gasteiger partial charge in [-0.25, -0.2) is 0 Å². The first-order valence-corrected chi connectivity index (χ1v) is 9.77. The van der Waals surface area contributed by atoms with E-state index in [0.717, 1.165) is 18.7 Å². The van der Waals surface area contributed by atoms with Crippen molar-refractivity contribution in [1.29, 1.82) is 0 Å². The summed E-state index contributed by atoms with van der Waals surface area (Å²) < 4.78 is 5.33. The third kappa shape index (κ3) is 3.71. The van der Waals surface area contributed by atoms with Crippen molar-refractivity contribution in [2.45, 2.75) is 18.9 Å². The highest BCUT2D eigenvalue weighted by molar-refractivity contribution is 7.10. The van der Waals surface area contributed by atoms with Crippen LogP contribution in [0.5, 0.6) is 0 Å². The summed E-state index contributed by atoms with van der Waals surface area (Å²) in [5.41, 5.74) is 1.22. The molecule has 134 valence electrons. The van der Waals surface area contributed by atoms with Crippen molar-refractivity contribution in [2.75, 3.05) is 19.6 Å². The number of nitrogens with zero attached hydrogens (tertiary/aromatic N) is 2. The minimum atomic E-state index is -0.198. The number of hydrogen-bond donors (Lipinski definition) is 1. The number of benzene rings is 1. The Labute approximate surface area is 156 Å². The minimum Gasteiger partial charge on any atom is -0.355 e. The number of carbonyl (C=O) groups excluding carboxylic acids is 1. The van der Waals surface area contributed by atoms with Crippen LogP contribution in [0.3, 0.4) is 0 Å². The van der Waals surface area contributed by atoms with Gasteiger partial charge in [0.15, 0.2) is 11.5 Å². The van der Waals surface area contributed by atoms with Crippen LogP contribution in [-0.2, 0) is 0 Å². The monoisotopic (exact) mass is 367 g/mol. The molecule has 3 aromatic rings. The van der Waals surface area contributed by atoms with Gasteiger partial charge in [-0.1, -0.05) is 41.6 Å². The van der Waals surface area contributed by atoms with Crippen molar-refractivity contribution in [1.82, 2.24) is 15.4 Å². The Hall–Kier alpha value is -2.44.